The third-order valence-corrected chi connectivity index (χ3v) is 1.94. The zero-order valence-electron chi connectivity index (χ0n) is 7.97. The minimum absolute atomic E-state index is 0.106. The number of aromatic nitrogens is 4. The highest BCUT2D eigenvalue weighted by molar-refractivity contribution is 5.72. The van der Waals surface area contributed by atoms with Gasteiger partial charge in [-0.2, -0.15) is 0 Å². The molecule has 2 aromatic heterocycles. The van der Waals surface area contributed by atoms with E-state index in [4.69, 9.17) is 0 Å². The van der Waals surface area contributed by atoms with Crippen LogP contribution in [0, 0.1) is 0 Å². The van der Waals surface area contributed by atoms with Gasteiger partial charge in [0.2, 0.25) is 0 Å². The number of hydrogen-bond acceptors (Lipinski definition) is 4. The number of H-pyrrole nitrogens is 1. The van der Waals surface area contributed by atoms with Gasteiger partial charge in [0.1, 0.15) is 11.4 Å². The molecule has 6 nitrogen and oxygen atoms in total. The average molecular weight is 204 g/mol. The van der Waals surface area contributed by atoms with Gasteiger partial charge in [0.05, 0.1) is 12.5 Å². The lowest BCUT2D eigenvalue weighted by Crippen LogP contribution is -2.11. The van der Waals surface area contributed by atoms with Crippen LogP contribution in [0.5, 0.6) is 0 Å². The maximum absolute atomic E-state index is 11.2. The molecule has 0 fully saturated rings. The van der Waals surface area contributed by atoms with Crippen LogP contribution in [0.3, 0.4) is 0 Å². The molecule has 1 N–H and O–H groups in total. The summed E-state index contributed by atoms with van der Waals surface area (Å²) in [7, 11) is 1.77. The van der Waals surface area contributed by atoms with Crippen LogP contribution in [0.2, 0.25) is 0 Å². The quantitative estimate of drug-likeness (QED) is 0.697. The van der Waals surface area contributed by atoms with E-state index >= 15 is 0 Å². The second-order valence-corrected chi connectivity index (χ2v) is 3.03. The molecule has 0 bridgehead atoms. The standard InChI is InChI=1S/C9H8N4O2/c1-13-5-10-3-7(13)9-11-6(4-14)2-8(15)12-9/h2-5H,1H3,(H,11,12,15). The number of imidazole rings is 1. The Morgan fingerprint density at radius 3 is 2.93 bits per heavy atom. The Balaban J connectivity index is 2.63. The molecular formula is C9H8N4O2. The first kappa shape index (κ1) is 9.32. The Hall–Kier alpha value is -2.24. The monoisotopic (exact) mass is 204 g/mol. The van der Waals surface area contributed by atoms with Crippen LogP contribution in [0.25, 0.3) is 11.5 Å². The van der Waals surface area contributed by atoms with E-state index in [0.29, 0.717) is 17.8 Å². The van der Waals surface area contributed by atoms with Crippen LogP contribution in [-0.4, -0.2) is 25.8 Å². The van der Waals surface area contributed by atoms with Crippen molar-refractivity contribution in [3.63, 3.8) is 0 Å². The fourth-order valence-electron chi connectivity index (χ4n) is 1.24. The van der Waals surface area contributed by atoms with Crippen molar-refractivity contribution in [1.82, 2.24) is 19.5 Å². The third kappa shape index (κ3) is 1.69. The Bertz CT molecular complexity index is 555. The molecule has 2 aromatic rings. The van der Waals surface area contributed by atoms with E-state index in [1.807, 2.05) is 0 Å². The SMILES string of the molecule is Cn1cncc1-c1nc(C=O)cc(=O)[nH]1. The van der Waals surface area contributed by atoms with E-state index in [9.17, 15) is 9.59 Å². The molecule has 0 saturated heterocycles. The summed E-state index contributed by atoms with van der Waals surface area (Å²) >= 11 is 0. The lowest BCUT2D eigenvalue weighted by molar-refractivity contribution is 0.111. The Morgan fingerprint density at radius 2 is 2.33 bits per heavy atom. The Kier molecular flexibility index (Phi) is 2.17. The largest absolute Gasteiger partial charge is 0.331 e. The fourth-order valence-corrected chi connectivity index (χ4v) is 1.24. The molecular weight excluding hydrogens is 196 g/mol. The number of rotatable bonds is 2. The zero-order chi connectivity index (χ0) is 10.8. The Labute approximate surface area is 84.6 Å². The maximum atomic E-state index is 11.2. The van der Waals surface area contributed by atoms with E-state index in [-0.39, 0.29) is 11.3 Å². The summed E-state index contributed by atoms with van der Waals surface area (Å²) in [5.41, 5.74) is 0.397. The minimum atomic E-state index is -0.358. The number of aromatic amines is 1. The molecule has 0 aromatic carbocycles. The first-order valence-electron chi connectivity index (χ1n) is 4.24. The molecule has 6 heteroatoms. The molecule has 15 heavy (non-hydrogen) atoms. The lowest BCUT2D eigenvalue weighted by Gasteiger charge is -2.00. The molecule has 0 amide bonds. The molecule has 0 spiro atoms. The molecule has 0 aliphatic carbocycles. The van der Waals surface area contributed by atoms with Gasteiger partial charge in [-0.15, -0.1) is 0 Å². The minimum Gasteiger partial charge on any atom is -0.331 e. The van der Waals surface area contributed by atoms with Crippen molar-refractivity contribution < 1.29 is 4.79 Å². The number of nitrogens with one attached hydrogen (secondary N) is 1. The highest BCUT2D eigenvalue weighted by Crippen LogP contribution is 2.10. The van der Waals surface area contributed by atoms with Crippen LogP contribution in [0.1, 0.15) is 10.5 Å². The van der Waals surface area contributed by atoms with Gasteiger partial charge in [0.25, 0.3) is 5.56 Å². The zero-order valence-corrected chi connectivity index (χ0v) is 7.97. The van der Waals surface area contributed by atoms with Crippen LogP contribution >= 0.6 is 0 Å². The van der Waals surface area contributed by atoms with Crippen LogP contribution in [0.4, 0.5) is 0 Å². The molecule has 0 radical (unpaired) electrons. The highest BCUT2D eigenvalue weighted by Gasteiger charge is 2.06. The van der Waals surface area contributed by atoms with E-state index in [2.05, 4.69) is 15.0 Å². The number of carbonyl (C=O) groups is 1. The van der Waals surface area contributed by atoms with Crippen molar-refractivity contribution in [2.45, 2.75) is 0 Å². The van der Waals surface area contributed by atoms with Crippen molar-refractivity contribution in [2.24, 2.45) is 7.05 Å². The molecule has 76 valence electrons. The van der Waals surface area contributed by atoms with Crippen molar-refractivity contribution in [1.29, 1.82) is 0 Å². The first-order chi connectivity index (χ1) is 7.20. The van der Waals surface area contributed by atoms with E-state index in [1.165, 1.54) is 0 Å². The van der Waals surface area contributed by atoms with Gasteiger partial charge in [-0.3, -0.25) is 9.59 Å². The predicted octanol–water partition coefficient (Wildman–Crippen LogP) is -0.0171. The summed E-state index contributed by atoms with van der Waals surface area (Å²) in [5.74, 6) is 0.338. The van der Waals surface area contributed by atoms with E-state index in [1.54, 1.807) is 24.1 Å². The van der Waals surface area contributed by atoms with Gasteiger partial charge >= 0.3 is 0 Å². The second-order valence-electron chi connectivity index (χ2n) is 3.03. The summed E-state index contributed by atoms with van der Waals surface area (Å²) in [5, 5.41) is 0. The number of nitrogens with zero attached hydrogens (tertiary/aromatic N) is 3. The summed E-state index contributed by atoms with van der Waals surface area (Å²) in [6.07, 6.45) is 3.69. The predicted molar refractivity (Wildman–Crippen MR) is 52.4 cm³/mol. The summed E-state index contributed by atoms with van der Waals surface area (Å²) in [6.45, 7) is 0. The second kappa shape index (κ2) is 3.49. The van der Waals surface area contributed by atoms with Crippen LogP contribution < -0.4 is 5.56 Å². The fraction of sp³-hybridized carbons (Fsp3) is 0.111. The normalized spacial score (nSPS) is 10.2. The number of aryl methyl sites for hydroxylation is 1. The molecule has 0 atom stereocenters. The highest BCUT2D eigenvalue weighted by atomic mass is 16.1. The Morgan fingerprint density at radius 1 is 1.53 bits per heavy atom. The topological polar surface area (TPSA) is 80.6 Å². The lowest BCUT2D eigenvalue weighted by atomic mass is 10.4. The smallest absolute Gasteiger partial charge is 0.251 e. The van der Waals surface area contributed by atoms with Gasteiger partial charge in [0.15, 0.2) is 12.1 Å². The van der Waals surface area contributed by atoms with E-state index < -0.39 is 0 Å². The number of hydrogen-bond donors (Lipinski definition) is 1. The van der Waals surface area contributed by atoms with Crippen molar-refractivity contribution in [2.75, 3.05) is 0 Å². The van der Waals surface area contributed by atoms with Gasteiger partial charge in [-0.25, -0.2) is 9.97 Å². The van der Waals surface area contributed by atoms with E-state index in [0.717, 1.165) is 6.07 Å². The summed E-state index contributed by atoms with van der Waals surface area (Å²) < 4.78 is 1.70. The average Bonchev–Trinajstić information content (AvgIpc) is 2.63. The number of carbonyl (C=O) groups excluding carboxylic acids is 1. The van der Waals surface area contributed by atoms with Crippen molar-refractivity contribution in [3.05, 3.63) is 34.6 Å². The van der Waals surface area contributed by atoms with Gasteiger partial charge in [0, 0.05) is 13.1 Å². The third-order valence-electron chi connectivity index (χ3n) is 1.94. The molecule has 0 aliphatic heterocycles. The van der Waals surface area contributed by atoms with Gasteiger partial charge < -0.3 is 9.55 Å². The van der Waals surface area contributed by atoms with Gasteiger partial charge in [-0.05, 0) is 0 Å². The van der Waals surface area contributed by atoms with Crippen LogP contribution in [-0.2, 0) is 7.05 Å². The van der Waals surface area contributed by atoms with Crippen molar-refractivity contribution in [3.8, 4) is 11.5 Å². The van der Waals surface area contributed by atoms with Gasteiger partial charge in [-0.1, -0.05) is 0 Å². The maximum Gasteiger partial charge on any atom is 0.251 e. The molecule has 0 aliphatic rings. The first-order valence-corrected chi connectivity index (χ1v) is 4.24. The molecule has 0 saturated carbocycles. The number of aldehydes is 1. The molecule has 0 unspecified atom stereocenters. The molecule has 2 rings (SSSR count). The van der Waals surface area contributed by atoms with Crippen molar-refractivity contribution >= 4 is 6.29 Å². The summed E-state index contributed by atoms with van der Waals surface area (Å²) in [6, 6.07) is 1.15. The summed E-state index contributed by atoms with van der Waals surface area (Å²) in [4.78, 5) is 32.1. The van der Waals surface area contributed by atoms with Crippen LogP contribution in [0.15, 0.2) is 23.4 Å². The molecule has 2 heterocycles.